The molecule has 9 nitrogen and oxygen atoms in total. The van der Waals surface area contributed by atoms with E-state index in [-0.39, 0.29) is 17.9 Å². The van der Waals surface area contributed by atoms with Gasteiger partial charge in [0, 0.05) is 43.9 Å². The Kier molecular flexibility index (Phi) is 3.81. The summed E-state index contributed by atoms with van der Waals surface area (Å²) in [6, 6.07) is 1.61. The molecular formula is C16H22N8O. The van der Waals surface area contributed by atoms with Crippen molar-refractivity contribution in [1.82, 2.24) is 30.3 Å². The van der Waals surface area contributed by atoms with Gasteiger partial charge in [-0.3, -0.25) is 4.79 Å². The van der Waals surface area contributed by atoms with Gasteiger partial charge >= 0.3 is 0 Å². The SMILES string of the molecule is CN1C=C(c2cnn3c(N)cc([C@H]4CC[C@@H](C(N)=O)NC4)nc23)CN1. The topological polar surface area (TPSA) is 127 Å². The molecule has 2 aromatic rings. The van der Waals surface area contributed by atoms with Crippen LogP contribution in [0, 0.1) is 0 Å². The number of amides is 1. The minimum absolute atomic E-state index is 0.198. The molecule has 0 spiro atoms. The first-order chi connectivity index (χ1) is 12.0. The number of anilines is 1. The molecule has 0 radical (unpaired) electrons. The van der Waals surface area contributed by atoms with Crippen molar-refractivity contribution < 1.29 is 4.79 Å². The van der Waals surface area contributed by atoms with Crippen molar-refractivity contribution in [1.29, 1.82) is 0 Å². The second-order valence-electron chi connectivity index (χ2n) is 6.64. The number of primary amides is 1. The number of hydrazine groups is 1. The van der Waals surface area contributed by atoms with Crippen LogP contribution in [0.25, 0.3) is 11.2 Å². The minimum atomic E-state index is -0.302. The predicted octanol–water partition coefficient (Wildman–Crippen LogP) is -0.577. The van der Waals surface area contributed by atoms with Crippen molar-refractivity contribution in [2.24, 2.45) is 5.73 Å². The van der Waals surface area contributed by atoms with Crippen LogP contribution >= 0.6 is 0 Å². The summed E-state index contributed by atoms with van der Waals surface area (Å²) < 4.78 is 1.67. The van der Waals surface area contributed by atoms with Gasteiger partial charge in [0.15, 0.2) is 5.65 Å². The molecule has 1 amide bonds. The molecule has 1 fully saturated rings. The molecule has 25 heavy (non-hydrogen) atoms. The largest absolute Gasteiger partial charge is 0.384 e. The second kappa shape index (κ2) is 6.01. The highest BCUT2D eigenvalue weighted by Crippen LogP contribution is 2.28. The van der Waals surface area contributed by atoms with Gasteiger partial charge in [-0.2, -0.15) is 9.61 Å². The lowest BCUT2D eigenvalue weighted by atomic mass is 9.91. The van der Waals surface area contributed by atoms with Crippen molar-refractivity contribution in [3.8, 4) is 0 Å². The zero-order valence-electron chi connectivity index (χ0n) is 14.1. The summed E-state index contributed by atoms with van der Waals surface area (Å²) in [4.78, 5) is 16.1. The van der Waals surface area contributed by atoms with Gasteiger partial charge in [0.1, 0.15) is 5.82 Å². The monoisotopic (exact) mass is 342 g/mol. The number of rotatable bonds is 3. The van der Waals surface area contributed by atoms with Gasteiger partial charge in [0.2, 0.25) is 5.91 Å². The summed E-state index contributed by atoms with van der Waals surface area (Å²) in [5.41, 5.74) is 18.6. The number of carbonyl (C=O) groups excluding carboxylic acids is 1. The summed E-state index contributed by atoms with van der Waals surface area (Å²) in [7, 11) is 1.95. The van der Waals surface area contributed by atoms with E-state index >= 15 is 0 Å². The van der Waals surface area contributed by atoms with Crippen molar-refractivity contribution in [3.05, 3.63) is 29.7 Å². The lowest BCUT2D eigenvalue weighted by molar-refractivity contribution is -0.120. The molecule has 0 aliphatic carbocycles. The molecule has 2 aliphatic rings. The fourth-order valence-electron chi connectivity index (χ4n) is 3.49. The summed E-state index contributed by atoms with van der Waals surface area (Å²) in [6.45, 7) is 1.39. The number of nitrogen functional groups attached to an aromatic ring is 1. The van der Waals surface area contributed by atoms with Gasteiger partial charge in [0.05, 0.1) is 17.9 Å². The summed E-state index contributed by atoms with van der Waals surface area (Å²) in [5.74, 6) is 0.455. The van der Waals surface area contributed by atoms with Crippen molar-refractivity contribution >= 4 is 22.9 Å². The summed E-state index contributed by atoms with van der Waals surface area (Å²) in [6.07, 6.45) is 5.39. The van der Waals surface area contributed by atoms with Gasteiger partial charge in [-0.05, 0) is 18.4 Å². The molecule has 6 N–H and O–H groups in total. The standard InChI is InChI=1S/C16H22N8O/c1-23-8-10(6-20-23)11-7-21-24-14(17)4-13(22-16(11)24)9-2-3-12(15(18)25)19-5-9/h4,7-9,12,19-20H,2-3,5-6,17H2,1H3,(H2,18,25)/t9-,12-/m0/s1. The third-order valence-electron chi connectivity index (χ3n) is 4.91. The number of fused-ring (bicyclic) bond motifs is 1. The highest BCUT2D eigenvalue weighted by Gasteiger charge is 2.27. The first-order valence-corrected chi connectivity index (χ1v) is 8.37. The lowest BCUT2D eigenvalue weighted by Crippen LogP contribution is -2.46. The second-order valence-corrected chi connectivity index (χ2v) is 6.64. The van der Waals surface area contributed by atoms with E-state index in [9.17, 15) is 4.79 Å². The summed E-state index contributed by atoms with van der Waals surface area (Å²) in [5, 5.41) is 9.49. The molecule has 0 aromatic carbocycles. The molecule has 1 saturated heterocycles. The molecule has 4 rings (SSSR count). The Labute approximate surface area is 145 Å². The van der Waals surface area contributed by atoms with E-state index in [4.69, 9.17) is 16.5 Å². The summed E-state index contributed by atoms with van der Waals surface area (Å²) >= 11 is 0. The van der Waals surface area contributed by atoms with Crippen LogP contribution < -0.4 is 22.2 Å². The molecule has 0 saturated carbocycles. The molecule has 2 atom stereocenters. The molecule has 0 unspecified atom stereocenters. The van der Waals surface area contributed by atoms with Crippen LogP contribution in [0.3, 0.4) is 0 Å². The van der Waals surface area contributed by atoms with E-state index in [0.717, 1.165) is 35.4 Å². The number of nitrogens with zero attached hydrogens (tertiary/aromatic N) is 4. The fraction of sp³-hybridized carbons (Fsp3) is 0.438. The number of hydrogen-bond donors (Lipinski definition) is 4. The Morgan fingerprint density at radius 3 is 2.88 bits per heavy atom. The lowest BCUT2D eigenvalue weighted by Gasteiger charge is -2.27. The minimum Gasteiger partial charge on any atom is -0.384 e. The highest BCUT2D eigenvalue weighted by molar-refractivity contribution is 5.80. The first-order valence-electron chi connectivity index (χ1n) is 8.37. The van der Waals surface area contributed by atoms with Gasteiger partial charge in [0.25, 0.3) is 0 Å². The van der Waals surface area contributed by atoms with Crippen molar-refractivity contribution in [2.75, 3.05) is 25.9 Å². The molecule has 132 valence electrons. The van der Waals surface area contributed by atoms with Crippen molar-refractivity contribution in [3.63, 3.8) is 0 Å². The van der Waals surface area contributed by atoms with Crippen LogP contribution in [0.5, 0.6) is 0 Å². The predicted molar refractivity (Wildman–Crippen MR) is 94.1 cm³/mol. The number of piperidine rings is 1. The van der Waals surface area contributed by atoms with Crippen LogP contribution in [0.4, 0.5) is 5.82 Å². The van der Waals surface area contributed by atoms with Crippen molar-refractivity contribution in [2.45, 2.75) is 24.8 Å². The quantitative estimate of drug-likeness (QED) is 0.588. The smallest absolute Gasteiger partial charge is 0.234 e. The maximum Gasteiger partial charge on any atom is 0.234 e. The number of hydrogen-bond acceptors (Lipinski definition) is 7. The Morgan fingerprint density at radius 1 is 1.40 bits per heavy atom. The van der Waals surface area contributed by atoms with E-state index in [1.54, 1.807) is 10.7 Å². The van der Waals surface area contributed by atoms with E-state index in [0.29, 0.717) is 18.8 Å². The molecule has 4 heterocycles. The number of aromatic nitrogens is 3. The Bertz CT molecular complexity index is 849. The normalized spacial score (nSPS) is 23.9. The average molecular weight is 342 g/mol. The molecular weight excluding hydrogens is 320 g/mol. The number of carbonyl (C=O) groups is 1. The maximum atomic E-state index is 11.3. The Morgan fingerprint density at radius 2 is 2.24 bits per heavy atom. The van der Waals surface area contributed by atoms with E-state index in [1.807, 2.05) is 24.3 Å². The Balaban J connectivity index is 1.67. The molecule has 2 aromatic heterocycles. The molecule has 0 bridgehead atoms. The van der Waals surface area contributed by atoms with Crippen LogP contribution in [0.2, 0.25) is 0 Å². The van der Waals surface area contributed by atoms with Crippen LogP contribution in [-0.4, -0.2) is 51.7 Å². The molecule has 2 aliphatic heterocycles. The average Bonchev–Trinajstić information content (AvgIpc) is 3.21. The zero-order chi connectivity index (χ0) is 17.6. The molecule has 9 heteroatoms. The zero-order valence-corrected chi connectivity index (χ0v) is 14.1. The van der Waals surface area contributed by atoms with Gasteiger partial charge < -0.3 is 21.8 Å². The van der Waals surface area contributed by atoms with Gasteiger partial charge in [-0.15, -0.1) is 0 Å². The van der Waals surface area contributed by atoms with Crippen LogP contribution in [-0.2, 0) is 4.79 Å². The highest BCUT2D eigenvalue weighted by atomic mass is 16.1. The van der Waals surface area contributed by atoms with Crippen LogP contribution in [0.1, 0.15) is 30.0 Å². The first kappa shape index (κ1) is 15.9. The van der Waals surface area contributed by atoms with E-state index in [2.05, 4.69) is 15.8 Å². The van der Waals surface area contributed by atoms with Gasteiger partial charge in [-0.25, -0.2) is 10.4 Å². The van der Waals surface area contributed by atoms with Crippen LogP contribution in [0.15, 0.2) is 18.5 Å². The van der Waals surface area contributed by atoms with E-state index in [1.165, 1.54) is 0 Å². The Hall–Kier alpha value is -2.65. The van der Waals surface area contributed by atoms with Gasteiger partial charge in [-0.1, -0.05) is 0 Å². The maximum absolute atomic E-state index is 11.3. The van der Waals surface area contributed by atoms with E-state index < -0.39 is 0 Å². The fourth-order valence-corrected chi connectivity index (χ4v) is 3.49. The third kappa shape index (κ3) is 2.81. The number of nitrogens with one attached hydrogen (secondary N) is 2. The third-order valence-corrected chi connectivity index (χ3v) is 4.91. The number of nitrogens with two attached hydrogens (primary N) is 2.